The molecule has 1 aromatic heterocycles. The van der Waals surface area contributed by atoms with Gasteiger partial charge in [0, 0.05) is 5.56 Å². The lowest BCUT2D eigenvalue weighted by atomic mass is 10.2. The van der Waals surface area contributed by atoms with Crippen molar-refractivity contribution in [3.8, 4) is 11.8 Å². The molecule has 0 bridgehead atoms. The van der Waals surface area contributed by atoms with Gasteiger partial charge in [0.2, 0.25) is 5.95 Å². The standard InChI is InChI=1S/C12H13BrN4O3/c1-3-20-12-15-11(16-17-12)14-10(18)7-4-5-9(19-2)8(13)6-7/h4-6H,3H2,1-2H3,(H2,14,15,16,17,18). The zero-order valence-electron chi connectivity index (χ0n) is 10.9. The second-order valence-corrected chi connectivity index (χ2v) is 4.56. The minimum Gasteiger partial charge on any atom is -0.496 e. The van der Waals surface area contributed by atoms with Gasteiger partial charge < -0.3 is 9.47 Å². The van der Waals surface area contributed by atoms with Crippen LogP contribution < -0.4 is 14.8 Å². The van der Waals surface area contributed by atoms with E-state index < -0.39 is 0 Å². The molecule has 0 aliphatic heterocycles. The number of nitrogens with one attached hydrogen (secondary N) is 2. The number of benzene rings is 1. The molecular weight excluding hydrogens is 328 g/mol. The number of amides is 1. The number of hydrogen-bond donors (Lipinski definition) is 2. The molecule has 1 aromatic carbocycles. The summed E-state index contributed by atoms with van der Waals surface area (Å²) in [5.41, 5.74) is 0.465. The number of aromatic amines is 1. The average molecular weight is 341 g/mol. The molecule has 106 valence electrons. The van der Waals surface area contributed by atoms with E-state index in [1.807, 2.05) is 6.92 Å². The highest BCUT2D eigenvalue weighted by Gasteiger charge is 2.11. The van der Waals surface area contributed by atoms with Crippen LogP contribution in [-0.2, 0) is 0 Å². The molecule has 0 radical (unpaired) electrons. The number of methoxy groups -OCH3 is 1. The van der Waals surface area contributed by atoms with E-state index in [1.54, 1.807) is 25.3 Å². The molecule has 2 rings (SSSR count). The van der Waals surface area contributed by atoms with Crippen LogP contribution in [0.2, 0.25) is 0 Å². The fourth-order valence-corrected chi connectivity index (χ4v) is 2.02. The minimum absolute atomic E-state index is 0.193. The zero-order valence-corrected chi connectivity index (χ0v) is 12.5. The lowest BCUT2D eigenvalue weighted by Crippen LogP contribution is -2.13. The number of anilines is 1. The second kappa shape index (κ2) is 6.38. The van der Waals surface area contributed by atoms with Crippen molar-refractivity contribution in [3.05, 3.63) is 28.2 Å². The van der Waals surface area contributed by atoms with E-state index in [2.05, 4.69) is 36.4 Å². The van der Waals surface area contributed by atoms with Crippen LogP contribution in [0.1, 0.15) is 17.3 Å². The van der Waals surface area contributed by atoms with Crippen molar-refractivity contribution in [2.45, 2.75) is 6.92 Å². The summed E-state index contributed by atoms with van der Waals surface area (Å²) in [6, 6.07) is 5.20. The highest BCUT2D eigenvalue weighted by atomic mass is 79.9. The highest BCUT2D eigenvalue weighted by Crippen LogP contribution is 2.25. The predicted octanol–water partition coefficient (Wildman–Crippen LogP) is 2.23. The van der Waals surface area contributed by atoms with Crippen molar-refractivity contribution < 1.29 is 14.3 Å². The van der Waals surface area contributed by atoms with E-state index in [0.717, 1.165) is 0 Å². The van der Waals surface area contributed by atoms with Crippen molar-refractivity contribution >= 4 is 27.8 Å². The summed E-state index contributed by atoms with van der Waals surface area (Å²) in [4.78, 5) is 16.0. The number of carbonyl (C=O) groups excluding carboxylic acids is 1. The van der Waals surface area contributed by atoms with E-state index in [-0.39, 0.29) is 17.9 Å². The van der Waals surface area contributed by atoms with Gasteiger partial charge in [0.05, 0.1) is 18.2 Å². The molecule has 0 unspecified atom stereocenters. The summed E-state index contributed by atoms with van der Waals surface area (Å²) >= 11 is 3.32. The maximum absolute atomic E-state index is 12.0. The molecule has 7 nitrogen and oxygen atoms in total. The topological polar surface area (TPSA) is 89.1 Å². The summed E-state index contributed by atoms with van der Waals surface area (Å²) in [5.74, 6) is 0.567. The summed E-state index contributed by atoms with van der Waals surface area (Å²) in [6.07, 6.45) is 0. The zero-order chi connectivity index (χ0) is 14.5. The maximum Gasteiger partial charge on any atom is 0.337 e. The van der Waals surface area contributed by atoms with Crippen LogP contribution in [-0.4, -0.2) is 34.8 Å². The average Bonchev–Trinajstić information content (AvgIpc) is 2.86. The number of ether oxygens (including phenoxy) is 2. The van der Waals surface area contributed by atoms with Gasteiger partial charge in [-0.3, -0.25) is 10.1 Å². The van der Waals surface area contributed by atoms with Gasteiger partial charge in [-0.25, -0.2) is 5.10 Å². The van der Waals surface area contributed by atoms with Gasteiger partial charge in [0.25, 0.3) is 5.91 Å². The Balaban J connectivity index is 2.09. The van der Waals surface area contributed by atoms with Crippen LogP contribution in [0.15, 0.2) is 22.7 Å². The van der Waals surface area contributed by atoms with Crippen molar-refractivity contribution in [2.75, 3.05) is 19.0 Å². The van der Waals surface area contributed by atoms with Gasteiger partial charge >= 0.3 is 6.01 Å². The number of carbonyl (C=O) groups is 1. The van der Waals surface area contributed by atoms with Crippen molar-refractivity contribution in [1.29, 1.82) is 0 Å². The number of nitrogens with zero attached hydrogens (tertiary/aromatic N) is 2. The Morgan fingerprint density at radius 2 is 2.30 bits per heavy atom. The van der Waals surface area contributed by atoms with Crippen LogP contribution >= 0.6 is 15.9 Å². The van der Waals surface area contributed by atoms with Crippen molar-refractivity contribution in [3.63, 3.8) is 0 Å². The van der Waals surface area contributed by atoms with Crippen molar-refractivity contribution in [2.24, 2.45) is 0 Å². The van der Waals surface area contributed by atoms with Crippen LogP contribution in [0, 0.1) is 0 Å². The molecule has 0 spiro atoms. The first-order chi connectivity index (χ1) is 9.63. The number of halogens is 1. The Bertz CT molecular complexity index is 614. The SMILES string of the molecule is CCOc1n[nH]c(NC(=O)c2ccc(OC)c(Br)c2)n1. The lowest BCUT2D eigenvalue weighted by Gasteiger charge is -2.05. The monoisotopic (exact) mass is 340 g/mol. The molecule has 0 atom stereocenters. The fraction of sp³-hybridized carbons (Fsp3) is 0.250. The second-order valence-electron chi connectivity index (χ2n) is 3.70. The van der Waals surface area contributed by atoms with E-state index in [4.69, 9.17) is 9.47 Å². The Morgan fingerprint density at radius 1 is 1.50 bits per heavy atom. The Morgan fingerprint density at radius 3 is 2.95 bits per heavy atom. The molecule has 0 saturated carbocycles. The molecule has 0 saturated heterocycles. The van der Waals surface area contributed by atoms with E-state index in [0.29, 0.717) is 22.4 Å². The molecule has 20 heavy (non-hydrogen) atoms. The summed E-state index contributed by atoms with van der Waals surface area (Å²) in [5, 5.41) is 8.96. The van der Waals surface area contributed by atoms with Gasteiger partial charge in [0.1, 0.15) is 5.75 Å². The smallest absolute Gasteiger partial charge is 0.337 e. The highest BCUT2D eigenvalue weighted by molar-refractivity contribution is 9.10. The minimum atomic E-state index is -0.312. The Kier molecular flexibility index (Phi) is 4.57. The Labute approximate surface area is 123 Å². The number of rotatable bonds is 5. The number of H-pyrrole nitrogens is 1. The third kappa shape index (κ3) is 3.27. The molecule has 0 fully saturated rings. The quantitative estimate of drug-likeness (QED) is 0.871. The number of aromatic nitrogens is 3. The molecule has 1 heterocycles. The van der Waals surface area contributed by atoms with Gasteiger partial charge in [-0.1, -0.05) is 0 Å². The van der Waals surface area contributed by atoms with Gasteiger partial charge in [-0.05, 0) is 41.1 Å². The third-order valence-electron chi connectivity index (χ3n) is 2.38. The third-order valence-corrected chi connectivity index (χ3v) is 3.00. The molecule has 2 N–H and O–H groups in total. The van der Waals surface area contributed by atoms with E-state index in [1.165, 1.54) is 0 Å². The Hall–Kier alpha value is -2.09. The number of hydrogen-bond acceptors (Lipinski definition) is 5. The van der Waals surface area contributed by atoms with Gasteiger partial charge in [-0.15, -0.1) is 5.10 Å². The molecule has 8 heteroatoms. The molecular formula is C12H13BrN4O3. The molecule has 0 aliphatic carbocycles. The maximum atomic E-state index is 12.0. The van der Waals surface area contributed by atoms with E-state index >= 15 is 0 Å². The fourth-order valence-electron chi connectivity index (χ4n) is 1.48. The summed E-state index contributed by atoms with van der Waals surface area (Å²) < 4.78 is 10.9. The molecule has 1 amide bonds. The van der Waals surface area contributed by atoms with E-state index in [9.17, 15) is 4.79 Å². The van der Waals surface area contributed by atoms with Gasteiger partial charge in [0.15, 0.2) is 0 Å². The van der Waals surface area contributed by atoms with Crippen LogP contribution in [0.25, 0.3) is 0 Å². The first-order valence-electron chi connectivity index (χ1n) is 5.84. The normalized spacial score (nSPS) is 10.2. The van der Waals surface area contributed by atoms with Gasteiger partial charge in [-0.2, -0.15) is 4.98 Å². The van der Waals surface area contributed by atoms with Crippen LogP contribution in [0.5, 0.6) is 11.8 Å². The first-order valence-corrected chi connectivity index (χ1v) is 6.63. The summed E-state index contributed by atoms with van der Waals surface area (Å²) in [7, 11) is 1.56. The van der Waals surface area contributed by atoms with Crippen LogP contribution in [0.3, 0.4) is 0 Å². The van der Waals surface area contributed by atoms with Crippen molar-refractivity contribution in [1.82, 2.24) is 15.2 Å². The molecule has 2 aromatic rings. The largest absolute Gasteiger partial charge is 0.496 e. The summed E-state index contributed by atoms with van der Waals surface area (Å²) in [6.45, 7) is 2.28. The predicted molar refractivity (Wildman–Crippen MR) is 76.2 cm³/mol. The molecule has 0 aliphatic rings. The van der Waals surface area contributed by atoms with Crippen LogP contribution in [0.4, 0.5) is 5.95 Å². The first kappa shape index (κ1) is 14.3. The lowest BCUT2D eigenvalue weighted by molar-refractivity contribution is 0.102.